The van der Waals surface area contributed by atoms with Crippen molar-refractivity contribution in [1.29, 1.82) is 0 Å². The summed E-state index contributed by atoms with van der Waals surface area (Å²) in [5.41, 5.74) is 1.98. The average Bonchev–Trinajstić information content (AvgIpc) is 2.09. The van der Waals surface area contributed by atoms with Gasteiger partial charge in [0, 0.05) is 11.1 Å². The van der Waals surface area contributed by atoms with E-state index in [0.717, 1.165) is 13.1 Å². The highest BCUT2D eigenvalue weighted by molar-refractivity contribution is 5.21. The van der Waals surface area contributed by atoms with E-state index in [1.807, 2.05) is 0 Å². The first-order valence-electron chi connectivity index (χ1n) is 7.86. The summed E-state index contributed by atoms with van der Waals surface area (Å²) in [6, 6.07) is 0. The van der Waals surface area contributed by atoms with Crippen LogP contribution in [0.25, 0.3) is 0 Å². The third-order valence-electron chi connectivity index (χ3n) is 5.69. The molecule has 4 aliphatic rings. The van der Waals surface area contributed by atoms with Crippen LogP contribution in [0.5, 0.6) is 0 Å². The normalized spacial score (nSPS) is 54.0. The topological polar surface area (TPSA) is 24.1 Å². The lowest BCUT2D eigenvalue weighted by Gasteiger charge is -2.70. The summed E-state index contributed by atoms with van der Waals surface area (Å²) in [6.07, 6.45) is 8.40. The van der Waals surface area contributed by atoms with Gasteiger partial charge in [-0.1, -0.05) is 27.7 Å². The van der Waals surface area contributed by atoms with Crippen molar-refractivity contribution in [3.05, 3.63) is 0 Å². The van der Waals surface area contributed by atoms with Crippen molar-refractivity contribution in [2.24, 2.45) is 10.8 Å². The quantitative estimate of drug-likeness (QED) is 0.801. The van der Waals surface area contributed by atoms with Gasteiger partial charge in [0.1, 0.15) is 0 Å². The van der Waals surface area contributed by atoms with Gasteiger partial charge in [0.25, 0.3) is 0 Å². The standard InChI is InChI=1S/C16H30N2/c1-5-17-15-8-13(3)7-14(4,9-15)11-16(10-13,12-15)18-6-2/h17-18H,5-12H2,1-4H3. The summed E-state index contributed by atoms with van der Waals surface area (Å²) in [7, 11) is 0. The van der Waals surface area contributed by atoms with E-state index >= 15 is 0 Å². The summed E-state index contributed by atoms with van der Waals surface area (Å²) in [5, 5.41) is 7.77. The number of hydrogen-bond donors (Lipinski definition) is 2. The second kappa shape index (κ2) is 3.73. The molecule has 0 aromatic rings. The fourth-order valence-electron chi connectivity index (χ4n) is 6.82. The second-order valence-corrected chi connectivity index (χ2v) is 8.30. The Bertz CT molecular complexity index is 303. The van der Waals surface area contributed by atoms with E-state index in [9.17, 15) is 0 Å². The highest BCUT2D eigenvalue weighted by Crippen LogP contribution is 2.67. The van der Waals surface area contributed by atoms with Gasteiger partial charge in [-0.2, -0.15) is 0 Å². The summed E-state index contributed by atoms with van der Waals surface area (Å²) >= 11 is 0. The van der Waals surface area contributed by atoms with Gasteiger partial charge in [0.15, 0.2) is 0 Å². The van der Waals surface area contributed by atoms with Crippen LogP contribution in [0.3, 0.4) is 0 Å². The minimum absolute atomic E-state index is 0.426. The minimum atomic E-state index is 0.426. The molecule has 0 amide bonds. The van der Waals surface area contributed by atoms with Crippen LogP contribution in [-0.4, -0.2) is 24.2 Å². The molecule has 0 radical (unpaired) electrons. The maximum absolute atomic E-state index is 3.88. The minimum Gasteiger partial charge on any atom is -0.311 e. The zero-order chi connectivity index (χ0) is 13.1. The Morgan fingerprint density at radius 3 is 1.39 bits per heavy atom. The largest absolute Gasteiger partial charge is 0.311 e. The molecule has 4 aliphatic carbocycles. The Labute approximate surface area is 112 Å². The molecule has 4 bridgehead atoms. The van der Waals surface area contributed by atoms with Crippen LogP contribution in [0.1, 0.15) is 66.2 Å². The molecule has 4 fully saturated rings. The van der Waals surface area contributed by atoms with Crippen LogP contribution in [0.2, 0.25) is 0 Å². The highest BCUT2D eigenvalue weighted by atomic mass is 15.1. The Hall–Kier alpha value is -0.0800. The van der Waals surface area contributed by atoms with Crippen molar-refractivity contribution in [2.45, 2.75) is 77.3 Å². The Morgan fingerprint density at radius 1 is 0.667 bits per heavy atom. The van der Waals surface area contributed by atoms with Crippen LogP contribution < -0.4 is 10.6 Å². The molecule has 0 saturated heterocycles. The van der Waals surface area contributed by atoms with E-state index < -0.39 is 0 Å². The van der Waals surface area contributed by atoms with Gasteiger partial charge >= 0.3 is 0 Å². The van der Waals surface area contributed by atoms with Crippen molar-refractivity contribution in [1.82, 2.24) is 10.6 Å². The van der Waals surface area contributed by atoms with Crippen LogP contribution in [0, 0.1) is 10.8 Å². The molecule has 4 rings (SSSR count). The fourth-order valence-corrected chi connectivity index (χ4v) is 6.82. The van der Waals surface area contributed by atoms with Crippen LogP contribution in [-0.2, 0) is 0 Å². The first-order valence-corrected chi connectivity index (χ1v) is 7.86. The monoisotopic (exact) mass is 250 g/mol. The third kappa shape index (κ3) is 1.84. The lowest BCUT2D eigenvalue weighted by molar-refractivity contribution is -0.139. The van der Waals surface area contributed by atoms with E-state index in [2.05, 4.69) is 38.3 Å². The van der Waals surface area contributed by atoms with E-state index in [-0.39, 0.29) is 0 Å². The van der Waals surface area contributed by atoms with Crippen LogP contribution in [0.15, 0.2) is 0 Å². The van der Waals surface area contributed by atoms with Crippen molar-refractivity contribution >= 4 is 0 Å². The Morgan fingerprint density at radius 2 is 1.06 bits per heavy atom. The van der Waals surface area contributed by atoms with Gasteiger partial charge in [-0.15, -0.1) is 0 Å². The van der Waals surface area contributed by atoms with E-state index in [1.165, 1.54) is 38.5 Å². The molecule has 0 heterocycles. The first-order chi connectivity index (χ1) is 8.36. The molecule has 18 heavy (non-hydrogen) atoms. The first kappa shape index (κ1) is 12.9. The predicted molar refractivity (Wildman–Crippen MR) is 76.7 cm³/mol. The lowest BCUT2D eigenvalue weighted by atomic mass is 9.40. The van der Waals surface area contributed by atoms with Gasteiger partial charge in [0.05, 0.1) is 0 Å². The lowest BCUT2D eigenvalue weighted by Crippen LogP contribution is -2.73. The van der Waals surface area contributed by atoms with Crippen molar-refractivity contribution < 1.29 is 0 Å². The molecule has 2 N–H and O–H groups in total. The summed E-state index contributed by atoms with van der Waals surface area (Å²) < 4.78 is 0. The molecular weight excluding hydrogens is 220 g/mol. The molecule has 0 unspecified atom stereocenters. The molecule has 0 aliphatic heterocycles. The summed E-state index contributed by atoms with van der Waals surface area (Å²) in [6.45, 7) is 11.9. The van der Waals surface area contributed by atoms with E-state index in [0.29, 0.717) is 21.9 Å². The van der Waals surface area contributed by atoms with Gasteiger partial charge in [-0.05, 0) is 62.4 Å². The highest BCUT2D eigenvalue weighted by Gasteiger charge is 2.64. The number of hydrogen-bond acceptors (Lipinski definition) is 2. The molecule has 2 nitrogen and oxygen atoms in total. The second-order valence-electron chi connectivity index (χ2n) is 8.30. The SMILES string of the molecule is CCNC12CC3(C)CC(C)(C1)CC(NCC)(C3)C2. The van der Waals surface area contributed by atoms with Crippen LogP contribution >= 0.6 is 0 Å². The summed E-state index contributed by atoms with van der Waals surface area (Å²) in [4.78, 5) is 0. The molecule has 0 aromatic heterocycles. The molecular formula is C16H30N2. The average molecular weight is 250 g/mol. The zero-order valence-corrected chi connectivity index (χ0v) is 12.7. The molecule has 0 spiro atoms. The van der Waals surface area contributed by atoms with Crippen LogP contribution in [0.4, 0.5) is 0 Å². The molecule has 0 aromatic carbocycles. The van der Waals surface area contributed by atoms with E-state index in [1.54, 1.807) is 0 Å². The van der Waals surface area contributed by atoms with Gasteiger partial charge in [-0.25, -0.2) is 0 Å². The maximum Gasteiger partial charge on any atom is 0.0209 e. The van der Waals surface area contributed by atoms with Crippen molar-refractivity contribution in [2.75, 3.05) is 13.1 Å². The fraction of sp³-hybridized carbons (Fsp3) is 1.00. The molecule has 4 saturated carbocycles. The smallest absolute Gasteiger partial charge is 0.0209 e. The Balaban J connectivity index is 1.98. The van der Waals surface area contributed by atoms with Gasteiger partial charge in [-0.3, -0.25) is 0 Å². The Kier molecular flexibility index (Phi) is 2.68. The maximum atomic E-state index is 3.88. The summed E-state index contributed by atoms with van der Waals surface area (Å²) in [5.74, 6) is 0. The van der Waals surface area contributed by atoms with Gasteiger partial charge < -0.3 is 10.6 Å². The van der Waals surface area contributed by atoms with E-state index in [4.69, 9.17) is 0 Å². The molecule has 104 valence electrons. The van der Waals surface area contributed by atoms with Crippen molar-refractivity contribution in [3.63, 3.8) is 0 Å². The predicted octanol–water partition coefficient (Wildman–Crippen LogP) is 3.08. The number of nitrogens with one attached hydrogen (secondary N) is 2. The number of rotatable bonds is 4. The zero-order valence-electron chi connectivity index (χ0n) is 12.7. The van der Waals surface area contributed by atoms with Crippen molar-refractivity contribution in [3.8, 4) is 0 Å². The molecule has 2 heteroatoms. The molecule has 0 atom stereocenters. The third-order valence-corrected chi connectivity index (χ3v) is 5.69. The van der Waals surface area contributed by atoms with Gasteiger partial charge in [0.2, 0.25) is 0 Å².